The van der Waals surface area contributed by atoms with E-state index in [1.165, 1.54) is 0 Å². The van der Waals surface area contributed by atoms with Gasteiger partial charge in [-0.3, -0.25) is 15.5 Å². The summed E-state index contributed by atoms with van der Waals surface area (Å²) in [5.41, 5.74) is 15.4. The van der Waals surface area contributed by atoms with E-state index >= 15 is 0 Å². The van der Waals surface area contributed by atoms with Gasteiger partial charge in [0.05, 0.1) is 0 Å². The first-order valence-electron chi connectivity index (χ1n) is 3.65. The number of anilines is 2. The van der Waals surface area contributed by atoms with Crippen LogP contribution in [0.3, 0.4) is 0 Å². The summed E-state index contributed by atoms with van der Waals surface area (Å²) in [6.07, 6.45) is 0. The number of hydrogen-bond donors (Lipinski definition) is 5. The molecule has 0 unspecified atom stereocenters. The number of nitrogens with zero attached hydrogens (tertiary/aromatic N) is 2. The summed E-state index contributed by atoms with van der Waals surface area (Å²) in [4.78, 5) is 18.5. The number of hydrogen-bond acceptors (Lipinski definition) is 6. The zero-order valence-electron chi connectivity index (χ0n) is 8.32. The van der Waals surface area contributed by atoms with Crippen molar-refractivity contribution in [1.82, 2.24) is 15.3 Å². The summed E-state index contributed by atoms with van der Waals surface area (Å²) in [5.74, 6) is -1.56. The van der Waals surface area contributed by atoms with Crippen molar-refractivity contribution in [1.29, 1.82) is 5.41 Å². The van der Waals surface area contributed by atoms with Gasteiger partial charge in [-0.05, 0) is 0 Å². The van der Waals surface area contributed by atoms with Crippen molar-refractivity contribution in [3.63, 3.8) is 0 Å². The lowest BCUT2D eigenvalue weighted by Gasteiger charge is -2.05. The molecule has 1 aromatic heterocycles. The maximum Gasteiger partial charge on any atom is 0.280 e. The van der Waals surface area contributed by atoms with Crippen LogP contribution in [0.15, 0.2) is 0 Å². The number of carbonyl (C=O) groups is 1. The molecule has 0 saturated carbocycles. The first kappa shape index (κ1) is 17.6. The number of amides is 1. The van der Waals surface area contributed by atoms with Gasteiger partial charge in [-0.1, -0.05) is 11.6 Å². The van der Waals surface area contributed by atoms with Crippen LogP contribution in [-0.2, 0) is 0 Å². The molecular formula is C6H11Cl2N7O2. The third-order valence-electron chi connectivity index (χ3n) is 1.37. The van der Waals surface area contributed by atoms with Crippen molar-refractivity contribution in [2.24, 2.45) is 5.73 Å². The number of nitrogens with two attached hydrogens (primary N) is 3. The highest BCUT2D eigenvalue weighted by molar-refractivity contribution is 6.31. The molecule has 0 aliphatic heterocycles. The predicted octanol–water partition coefficient (Wildman–Crippen LogP) is -1.49. The van der Waals surface area contributed by atoms with Crippen LogP contribution in [0.5, 0.6) is 0 Å². The molecule has 10 N–H and O–H groups in total. The SMILES string of the molecule is Cl.N=C(N)NC(=O)c1nc(Cl)c(N)nc1N.O. The normalized spacial score (nSPS) is 8.53. The average molecular weight is 284 g/mol. The first-order valence-corrected chi connectivity index (χ1v) is 4.03. The first-order chi connectivity index (χ1) is 6.91. The molecule has 11 heteroatoms. The lowest BCUT2D eigenvalue weighted by Crippen LogP contribution is -2.36. The molecule has 0 radical (unpaired) electrons. The standard InChI is InChI=1S/C6H8ClN7O.ClH.H2O/c7-2-4(9)13-3(8)1(12-2)5(15)14-6(10)11;;/h(H4,8,9,13)(H4,10,11,14,15);1H;1H2. The van der Waals surface area contributed by atoms with Gasteiger partial charge in [0, 0.05) is 0 Å². The Labute approximate surface area is 107 Å². The van der Waals surface area contributed by atoms with Crippen LogP contribution < -0.4 is 22.5 Å². The van der Waals surface area contributed by atoms with Crippen molar-refractivity contribution in [3.05, 3.63) is 10.8 Å². The van der Waals surface area contributed by atoms with Crippen molar-refractivity contribution in [3.8, 4) is 0 Å². The van der Waals surface area contributed by atoms with Gasteiger partial charge in [-0.2, -0.15) is 0 Å². The molecule has 0 atom stereocenters. The fourth-order valence-electron chi connectivity index (χ4n) is 0.790. The average Bonchev–Trinajstić information content (AvgIpc) is 2.09. The fourth-order valence-corrected chi connectivity index (χ4v) is 0.917. The van der Waals surface area contributed by atoms with E-state index in [0.717, 1.165) is 0 Å². The highest BCUT2D eigenvalue weighted by Crippen LogP contribution is 2.16. The second-order valence-corrected chi connectivity index (χ2v) is 2.86. The largest absolute Gasteiger partial charge is 0.412 e. The number of nitrogens with one attached hydrogen (secondary N) is 2. The van der Waals surface area contributed by atoms with Gasteiger partial charge < -0.3 is 22.7 Å². The third-order valence-corrected chi connectivity index (χ3v) is 1.65. The highest BCUT2D eigenvalue weighted by atomic mass is 35.5. The predicted molar refractivity (Wildman–Crippen MR) is 66.1 cm³/mol. The Hall–Kier alpha value is -1.84. The molecule has 96 valence electrons. The molecule has 0 aliphatic carbocycles. The summed E-state index contributed by atoms with van der Waals surface area (Å²) in [6, 6.07) is 0. The van der Waals surface area contributed by atoms with E-state index in [2.05, 4.69) is 9.97 Å². The molecule has 9 nitrogen and oxygen atoms in total. The van der Waals surface area contributed by atoms with Gasteiger partial charge in [-0.25, -0.2) is 9.97 Å². The molecule has 0 fully saturated rings. The van der Waals surface area contributed by atoms with Crippen molar-refractivity contribution < 1.29 is 10.3 Å². The summed E-state index contributed by atoms with van der Waals surface area (Å²) in [5, 5.41) is 8.69. The van der Waals surface area contributed by atoms with E-state index in [-0.39, 0.29) is 40.4 Å². The molecule has 0 saturated heterocycles. The molecule has 0 aliphatic rings. The maximum absolute atomic E-state index is 11.3. The van der Waals surface area contributed by atoms with Crippen LogP contribution in [0.25, 0.3) is 0 Å². The Bertz CT molecular complexity index is 439. The van der Waals surface area contributed by atoms with Crippen LogP contribution in [-0.4, -0.2) is 27.3 Å². The van der Waals surface area contributed by atoms with E-state index < -0.39 is 11.9 Å². The molecule has 1 rings (SSSR count). The number of halogens is 2. The number of guanidine groups is 1. The number of carbonyl (C=O) groups excluding carboxylic acids is 1. The molecule has 0 bridgehead atoms. The van der Waals surface area contributed by atoms with E-state index in [1.807, 2.05) is 5.32 Å². The zero-order chi connectivity index (χ0) is 11.6. The van der Waals surface area contributed by atoms with Crippen LogP contribution in [0.1, 0.15) is 10.5 Å². The van der Waals surface area contributed by atoms with E-state index in [0.29, 0.717) is 0 Å². The molecule has 1 amide bonds. The molecule has 1 heterocycles. The van der Waals surface area contributed by atoms with Crippen LogP contribution in [0, 0.1) is 5.41 Å². The minimum Gasteiger partial charge on any atom is -0.412 e. The zero-order valence-corrected chi connectivity index (χ0v) is 9.89. The van der Waals surface area contributed by atoms with Crippen LogP contribution in [0.2, 0.25) is 5.15 Å². The van der Waals surface area contributed by atoms with Gasteiger partial charge in [0.2, 0.25) is 0 Å². The quantitative estimate of drug-likeness (QED) is 0.308. The minimum atomic E-state index is -0.769. The Morgan fingerprint density at radius 3 is 2.29 bits per heavy atom. The van der Waals surface area contributed by atoms with Gasteiger partial charge >= 0.3 is 0 Å². The Balaban J connectivity index is 0. The second kappa shape index (κ2) is 6.68. The Morgan fingerprint density at radius 1 is 1.29 bits per heavy atom. The Kier molecular flexibility index (Phi) is 6.90. The van der Waals surface area contributed by atoms with Crippen molar-refractivity contribution in [2.45, 2.75) is 0 Å². The van der Waals surface area contributed by atoms with E-state index in [9.17, 15) is 4.79 Å². The molecule has 0 aromatic carbocycles. The topological polar surface area (TPSA) is 188 Å². The number of nitrogen functional groups attached to an aromatic ring is 2. The van der Waals surface area contributed by atoms with Gasteiger partial charge in [0.15, 0.2) is 28.4 Å². The van der Waals surface area contributed by atoms with Crippen LogP contribution >= 0.6 is 24.0 Å². The maximum atomic E-state index is 11.3. The van der Waals surface area contributed by atoms with Gasteiger partial charge in [0.1, 0.15) is 0 Å². The minimum absolute atomic E-state index is 0. The van der Waals surface area contributed by atoms with Crippen molar-refractivity contribution >= 4 is 47.5 Å². The fraction of sp³-hybridized carbons (Fsp3) is 0. The summed E-state index contributed by atoms with van der Waals surface area (Å²) >= 11 is 5.55. The van der Waals surface area contributed by atoms with Crippen molar-refractivity contribution in [2.75, 3.05) is 11.5 Å². The summed E-state index contributed by atoms with van der Waals surface area (Å²) in [6.45, 7) is 0. The molecule has 17 heavy (non-hydrogen) atoms. The van der Waals surface area contributed by atoms with E-state index in [4.69, 9.17) is 34.2 Å². The van der Waals surface area contributed by atoms with Gasteiger partial charge in [0.25, 0.3) is 5.91 Å². The smallest absolute Gasteiger partial charge is 0.280 e. The van der Waals surface area contributed by atoms with E-state index in [1.54, 1.807) is 0 Å². The molecule has 0 spiro atoms. The molecule has 1 aromatic rings. The molecular weight excluding hydrogens is 273 g/mol. The van der Waals surface area contributed by atoms with Gasteiger partial charge in [-0.15, -0.1) is 12.4 Å². The Morgan fingerprint density at radius 2 is 1.82 bits per heavy atom. The lowest BCUT2D eigenvalue weighted by molar-refractivity contribution is 0.0972. The van der Waals surface area contributed by atoms with Crippen LogP contribution in [0.4, 0.5) is 11.6 Å². The highest BCUT2D eigenvalue weighted by Gasteiger charge is 2.15. The summed E-state index contributed by atoms with van der Waals surface area (Å²) in [7, 11) is 0. The monoisotopic (exact) mass is 283 g/mol. The third kappa shape index (κ3) is 4.26. The number of rotatable bonds is 1. The summed E-state index contributed by atoms with van der Waals surface area (Å²) < 4.78 is 0. The second-order valence-electron chi connectivity index (χ2n) is 2.50. The number of aromatic nitrogens is 2. The lowest BCUT2D eigenvalue weighted by atomic mass is 10.4.